The molecule has 2 aromatic heterocycles. The van der Waals surface area contributed by atoms with Crippen LogP contribution in [-0.4, -0.2) is 27.9 Å². The highest BCUT2D eigenvalue weighted by molar-refractivity contribution is 7.92. The Morgan fingerprint density at radius 1 is 1.00 bits per heavy atom. The number of benzene rings is 2. The molecule has 0 amide bonds. The fourth-order valence-electron chi connectivity index (χ4n) is 2.85. The minimum atomic E-state index is -4.55. The third-order valence-corrected chi connectivity index (χ3v) is 5.79. The second-order valence-electron chi connectivity index (χ2n) is 6.84. The van der Waals surface area contributed by atoms with E-state index in [1.54, 1.807) is 36.3 Å². The van der Waals surface area contributed by atoms with E-state index in [1.807, 2.05) is 0 Å². The maximum absolute atomic E-state index is 12.7. The number of nitrogens with one attached hydrogen (secondary N) is 1. The fraction of sp³-hybridized carbons (Fsp3) is 0.0952. The van der Waals surface area contributed by atoms with Crippen molar-refractivity contribution in [3.8, 4) is 17.4 Å². The number of imidazole rings is 1. The van der Waals surface area contributed by atoms with Gasteiger partial charge in [0.25, 0.3) is 10.0 Å². The molecule has 0 unspecified atom stereocenters. The predicted molar refractivity (Wildman–Crippen MR) is 113 cm³/mol. The van der Waals surface area contributed by atoms with Crippen LogP contribution in [-0.2, 0) is 16.2 Å². The van der Waals surface area contributed by atoms with E-state index >= 15 is 0 Å². The van der Waals surface area contributed by atoms with Gasteiger partial charge >= 0.3 is 6.18 Å². The van der Waals surface area contributed by atoms with Gasteiger partial charge in [0.1, 0.15) is 23.7 Å². The quantitative estimate of drug-likeness (QED) is 0.438. The summed E-state index contributed by atoms with van der Waals surface area (Å²) >= 11 is 0. The van der Waals surface area contributed by atoms with Crippen molar-refractivity contribution in [1.29, 1.82) is 0 Å². The molecule has 0 atom stereocenters. The molecule has 0 saturated carbocycles. The summed E-state index contributed by atoms with van der Waals surface area (Å²) in [6.45, 7) is 1.71. The van der Waals surface area contributed by atoms with E-state index in [0.717, 1.165) is 12.1 Å². The Morgan fingerprint density at radius 3 is 2.30 bits per heavy atom. The zero-order valence-corrected chi connectivity index (χ0v) is 17.8. The molecule has 0 aliphatic carbocycles. The first-order valence-corrected chi connectivity index (χ1v) is 10.9. The highest BCUT2D eigenvalue weighted by Gasteiger charge is 2.30. The van der Waals surface area contributed by atoms with Crippen LogP contribution in [0.5, 0.6) is 11.6 Å². The van der Waals surface area contributed by atoms with E-state index in [-0.39, 0.29) is 16.5 Å². The van der Waals surface area contributed by atoms with Gasteiger partial charge in [0.2, 0.25) is 5.88 Å². The molecule has 0 spiro atoms. The van der Waals surface area contributed by atoms with Crippen LogP contribution in [0, 0.1) is 6.92 Å². The molecule has 0 radical (unpaired) electrons. The zero-order chi connectivity index (χ0) is 23.6. The summed E-state index contributed by atoms with van der Waals surface area (Å²) in [6, 6.07) is 10.8. The first kappa shape index (κ1) is 22.3. The van der Waals surface area contributed by atoms with Crippen molar-refractivity contribution in [3.05, 3.63) is 84.7 Å². The van der Waals surface area contributed by atoms with Gasteiger partial charge in [-0.1, -0.05) is 0 Å². The van der Waals surface area contributed by atoms with Gasteiger partial charge < -0.3 is 4.74 Å². The van der Waals surface area contributed by atoms with Crippen molar-refractivity contribution in [3.63, 3.8) is 0 Å². The molecule has 4 rings (SSSR count). The van der Waals surface area contributed by atoms with Gasteiger partial charge in [-0.05, 0) is 55.5 Å². The Balaban J connectivity index is 1.48. The van der Waals surface area contributed by atoms with Crippen molar-refractivity contribution in [2.75, 3.05) is 4.72 Å². The van der Waals surface area contributed by atoms with Gasteiger partial charge in [-0.2, -0.15) is 18.2 Å². The summed E-state index contributed by atoms with van der Waals surface area (Å²) in [7, 11) is -4.07. The first-order chi connectivity index (χ1) is 15.6. The maximum atomic E-state index is 12.7. The molecular formula is C21H16F3N5O3S. The lowest BCUT2D eigenvalue weighted by Crippen LogP contribution is -2.13. The number of anilines is 1. The van der Waals surface area contributed by atoms with Crippen molar-refractivity contribution in [2.24, 2.45) is 0 Å². The lowest BCUT2D eigenvalue weighted by molar-refractivity contribution is -0.137. The number of hydrogen-bond donors (Lipinski definition) is 1. The van der Waals surface area contributed by atoms with Crippen LogP contribution in [0.3, 0.4) is 0 Å². The van der Waals surface area contributed by atoms with Crippen LogP contribution in [0.15, 0.2) is 78.2 Å². The maximum Gasteiger partial charge on any atom is 0.416 e. The van der Waals surface area contributed by atoms with Crippen molar-refractivity contribution < 1.29 is 26.3 Å². The average Bonchev–Trinajstić information content (AvgIpc) is 3.29. The minimum Gasteiger partial charge on any atom is -0.439 e. The van der Waals surface area contributed by atoms with Gasteiger partial charge in [-0.3, -0.25) is 9.29 Å². The average molecular weight is 475 g/mol. The summed E-state index contributed by atoms with van der Waals surface area (Å²) in [4.78, 5) is 12.2. The second kappa shape index (κ2) is 8.54. The van der Waals surface area contributed by atoms with E-state index in [9.17, 15) is 21.6 Å². The van der Waals surface area contributed by atoms with E-state index in [0.29, 0.717) is 29.5 Å². The molecular weight excluding hydrogens is 459 g/mol. The highest BCUT2D eigenvalue weighted by atomic mass is 32.2. The minimum absolute atomic E-state index is 0.209. The Labute approximate surface area is 186 Å². The molecule has 2 aromatic carbocycles. The monoisotopic (exact) mass is 475 g/mol. The molecule has 0 aliphatic rings. The van der Waals surface area contributed by atoms with Gasteiger partial charge in [0, 0.05) is 24.1 Å². The number of nitrogens with zero attached hydrogens (tertiary/aromatic N) is 4. The molecule has 0 bridgehead atoms. The van der Waals surface area contributed by atoms with E-state index < -0.39 is 21.8 Å². The largest absolute Gasteiger partial charge is 0.439 e. The van der Waals surface area contributed by atoms with E-state index in [2.05, 4.69) is 19.7 Å². The van der Waals surface area contributed by atoms with Crippen LogP contribution in [0.2, 0.25) is 0 Å². The molecule has 0 saturated heterocycles. The normalized spacial score (nSPS) is 11.9. The molecule has 2 heterocycles. The number of alkyl halides is 3. The number of aryl methyl sites for hydroxylation is 1. The topological polar surface area (TPSA) is 99.0 Å². The molecule has 33 heavy (non-hydrogen) atoms. The number of rotatable bonds is 6. The Hall–Kier alpha value is -3.93. The predicted octanol–water partition coefficient (Wildman–Crippen LogP) is 4.58. The van der Waals surface area contributed by atoms with E-state index in [1.165, 1.54) is 24.3 Å². The number of ether oxygens (including phenoxy) is 1. The SMILES string of the molecule is Cc1nc(Oc2ccc(NS(=O)(=O)c3ccc(C(F)(F)F)cc3)cc2)cc(-n2ccnc2)n1. The van der Waals surface area contributed by atoms with Crippen LogP contribution < -0.4 is 9.46 Å². The molecule has 12 heteroatoms. The molecule has 170 valence electrons. The molecule has 0 fully saturated rings. The number of hydrogen-bond acceptors (Lipinski definition) is 6. The lowest BCUT2D eigenvalue weighted by atomic mass is 10.2. The van der Waals surface area contributed by atoms with Crippen LogP contribution >= 0.6 is 0 Å². The smallest absolute Gasteiger partial charge is 0.416 e. The van der Waals surface area contributed by atoms with Gasteiger partial charge in [-0.25, -0.2) is 18.4 Å². The third kappa shape index (κ3) is 5.29. The van der Waals surface area contributed by atoms with Crippen LogP contribution in [0.25, 0.3) is 5.82 Å². The Morgan fingerprint density at radius 2 is 1.70 bits per heavy atom. The van der Waals surface area contributed by atoms with Crippen LogP contribution in [0.1, 0.15) is 11.4 Å². The summed E-state index contributed by atoms with van der Waals surface area (Å²) < 4.78 is 72.8. The molecule has 1 N–H and O–H groups in total. The van der Waals surface area contributed by atoms with E-state index in [4.69, 9.17) is 4.74 Å². The Kier molecular flexibility index (Phi) is 5.77. The summed E-state index contributed by atoms with van der Waals surface area (Å²) in [5, 5.41) is 0. The van der Waals surface area contributed by atoms with Crippen molar-refractivity contribution in [1.82, 2.24) is 19.5 Å². The fourth-order valence-corrected chi connectivity index (χ4v) is 3.91. The lowest BCUT2D eigenvalue weighted by Gasteiger charge is -2.11. The number of sulfonamides is 1. The standard InChI is InChI=1S/C21H16F3N5O3S/c1-14-26-19(29-11-10-25-13-29)12-20(27-14)32-17-6-4-16(5-7-17)28-33(30,31)18-8-2-15(3-9-18)21(22,23)24/h2-13,28H,1H3. The Bertz CT molecular complexity index is 1360. The molecule has 0 aliphatic heterocycles. The molecule has 4 aromatic rings. The molecule has 8 nitrogen and oxygen atoms in total. The van der Waals surface area contributed by atoms with Crippen molar-refractivity contribution in [2.45, 2.75) is 18.0 Å². The number of halogens is 3. The summed E-state index contributed by atoms with van der Waals surface area (Å²) in [6.07, 6.45) is 0.377. The highest BCUT2D eigenvalue weighted by Crippen LogP contribution is 2.30. The van der Waals surface area contributed by atoms with Gasteiger partial charge in [0.15, 0.2) is 0 Å². The summed E-state index contributed by atoms with van der Waals surface area (Å²) in [5.74, 6) is 1.72. The number of aromatic nitrogens is 4. The van der Waals surface area contributed by atoms with Gasteiger partial charge in [0.05, 0.1) is 10.5 Å². The summed E-state index contributed by atoms with van der Waals surface area (Å²) in [5.41, 5.74) is -0.723. The second-order valence-corrected chi connectivity index (χ2v) is 8.52. The third-order valence-electron chi connectivity index (χ3n) is 4.39. The zero-order valence-electron chi connectivity index (χ0n) is 17.0. The van der Waals surface area contributed by atoms with Crippen molar-refractivity contribution >= 4 is 15.7 Å². The van der Waals surface area contributed by atoms with Crippen LogP contribution in [0.4, 0.5) is 18.9 Å². The first-order valence-electron chi connectivity index (χ1n) is 9.42. The van der Waals surface area contributed by atoms with Gasteiger partial charge in [-0.15, -0.1) is 0 Å².